The van der Waals surface area contributed by atoms with E-state index >= 15 is 0 Å². The van der Waals surface area contributed by atoms with E-state index < -0.39 is 6.10 Å². The average Bonchev–Trinajstić information content (AvgIpc) is 3.00. The SMILES string of the molecule is COc1c(O)ccc2c1C#CCc1cc3c4c(c1O)OCC[C@H]4CCC[C@H]3C[C@@H](O)CC(=O)CC2. The molecule has 3 N–H and O–H groups in total. The van der Waals surface area contributed by atoms with Gasteiger partial charge in [0.15, 0.2) is 23.0 Å². The highest BCUT2D eigenvalue weighted by Gasteiger charge is 2.34. The van der Waals surface area contributed by atoms with Gasteiger partial charge in [0.05, 0.1) is 25.4 Å². The summed E-state index contributed by atoms with van der Waals surface area (Å²) in [6, 6.07) is 5.34. The minimum absolute atomic E-state index is 0.00146. The van der Waals surface area contributed by atoms with Crippen LogP contribution in [0.25, 0.3) is 0 Å². The molecule has 2 aliphatic carbocycles. The minimum Gasteiger partial charge on any atom is -0.504 e. The third-order valence-electron chi connectivity index (χ3n) is 7.68. The second-order valence-corrected chi connectivity index (χ2v) is 9.94. The van der Waals surface area contributed by atoms with Crippen LogP contribution in [0.2, 0.25) is 0 Å². The number of aromatic hydroxyl groups is 2. The number of methoxy groups -OCH3 is 1. The van der Waals surface area contributed by atoms with Gasteiger partial charge in [0, 0.05) is 30.4 Å². The number of carbonyl (C=O) groups excluding carboxylic acids is 1. The summed E-state index contributed by atoms with van der Waals surface area (Å²) in [5.74, 6) is 7.70. The fourth-order valence-corrected chi connectivity index (χ4v) is 5.97. The summed E-state index contributed by atoms with van der Waals surface area (Å²) in [4.78, 5) is 12.8. The van der Waals surface area contributed by atoms with Gasteiger partial charge >= 0.3 is 0 Å². The van der Waals surface area contributed by atoms with Crippen molar-refractivity contribution in [2.24, 2.45) is 0 Å². The molecule has 0 spiro atoms. The Morgan fingerprint density at radius 3 is 2.74 bits per heavy atom. The van der Waals surface area contributed by atoms with Crippen molar-refractivity contribution < 1.29 is 29.6 Å². The van der Waals surface area contributed by atoms with Crippen molar-refractivity contribution in [3.8, 4) is 34.8 Å². The number of fused-ring (bicyclic) bond motifs is 2. The Balaban J connectivity index is 1.64. The highest BCUT2D eigenvalue weighted by atomic mass is 16.5. The number of aliphatic hydroxyl groups is 1. The number of hydrogen-bond donors (Lipinski definition) is 3. The minimum atomic E-state index is -0.725. The van der Waals surface area contributed by atoms with Crippen LogP contribution in [-0.4, -0.2) is 40.9 Å². The number of aryl methyl sites for hydroxylation is 1. The molecule has 6 heteroatoms. The van der Waals surface area contributed by atoms with E-state index in [9.17, 15) is 20.1 Å². The van der Waals surface area contributed by atoms with Crippen LogP contribution in [0.1, 0.15) is 84.6 Å². The van der Waals surface area contributed by atoms with E-state index in [4.69, 9.17) is 9.47 Å². The molecule has 3 atom stereocenters. The van der Waals surface area contributed by atoms with Gasteiger partial charge in [-0.15, -0.1) is 0 Å². The van der Waals surface area contributed by atoms with E-state index in [1.54, 1.807) is 12.1 Å². The van der Waals surface area contributed by atoms with Gasteiger partial charge in [-0.2, -0.15) is 0 Å². The van der Waals surface area contributed by atoms with Gasteiger partial charge in [0.2, 0.25) is 0 Å². The fraction of sp³-hybridized carbons (Fsp3) is 0.483. The van der Waals surface area contributed by atoms with E-state index in [-0.39, 0.29) is 41.8 Å². The van der Waals surface area contributed by atoms with Crippen LogP contribution in [-0.2, 0) is 17.6 Å². The summed E-state index contributed by atoms with van der Waals surface area (Å²) < 4.78 is 11.4. The van der Waals surface area contributed by atoms with Gasteiger partial charge in [-0.25, -0.2) is 0 Å². The first kappa shape index (κ1) is 23.6. The van der Waals surface area contributed by atoms with Crippen LogP contribution in [0.3, 0.4) is 0 Å². The predicted molar refractivity (Wildman–Crippen MR) is 131 cm³/mol. The molecular formula is C29H32O6. The van der Waals surface area contributed by atoms with Crippen molar-refractivity contribution in [3.05, 3.63) is 46.0 Å². The van der Waals surface area contributed by atoms with Crippen LogP contribution >= 0.6 is 0 Å². The molecule has 5 rings (SSSR count). The molecule has 3 aliphatic rings. The lowest BCUT2D eigenvalue weighted by Gasteiger charge is -2.30. The first-order valence-corrected chi connectivity index (χ1v) is 12.5. The van der Waals surface area contributed by atoms with Gasteiger partial charge in [-0.05, 0) is 61.1 Å². The molecule has 0 aromatic heterocycles. The third-order valence-corrected chi connectivity index (χ3v) is 7.68. The summed E-state index contributed by atoms with van der Waals surface area (Å²) in [6.45, 7) is 0.575. The van der Waals surface area contributed by atoms with E-state index in [1.165, 1.54) is 7.11 Å². The molecule has 1 aliphatic heterocycles. The Morgan fingerprint density at radius 1 is 1.09 bits per heavy atom. The summed E-state index contributed by atoms with van der Waals surface area (Å²) in [7, 11) is 1.48. The van der Waals surface area contributed by atoms with E-state index in [0.717, 1.165) is 42.4 Å². The average molecular weight is 477 g/mol. The molecule has 2 aromatic rings. The second kappa shape index (κ2) is 9.83. The Hall–Kier alpha value is -3.17. The summed E-state index contributed by atoms with van der Waals surface area (Å²) in [6.07, 6.45) is 4.86. The van der Waals surface area contributed by atoms with Crippen molar-refractivity contribution in [2.75, 3.05) is 13.7 Å². The largest absolute Gasteiger partial charge is 0.504 e. The third kappa shape index (κ3) is 4.58. The smallest absolute Gasteiger partial charge is 0.176 e. The maximum absolute atomic E-state index is 12.8. The van der Waals surface area contributed by atoms with Gasteiger partial charge in [-0.3, -0.25) is 4.79 Å². The second-order valence-electron chi connectivity index (χ2n) is 9.94. The van der Waals surface area contributed by atoms with Crippen molar-refractivity contribution in [1.29, 1.82) is 0 Å². The fourth-order valence-electron chi connectivity index (χ4n) is 5.97. The zero-order valence-electron chi connectivity index (χ0n) is 20.1. The van der Waals surface area contributed by atoms with Crippen molar-refractivity contribution >= 4 is 5.78 Å². The number of ketones is 1. The lowest BCUT2D eigenvalue weighted by molar-refractivity contribution is -0.121. The van der Waals surface area contributed by atoms with Crippen LogP contribution in [0.4, 0.5) is 0 Å². The van der Waals surface area contributed by atoms with Crippen LogP contribution in [0.5, 0.6) is 23.0 Å². The number of aliphatic hydroxyl groups excluding tert-OH is 1. The van der Waals surface area contributed by atoms with Crippen LogP contribution in [0.15, 0.2) is 18.2 Å². The Labute approximate surface area is 205 Å². The highest BCUT2D eigenvalue weighted by molar-refractivity contribution is 5.79. The maximum atomic E-state index is 12.8. The number of rotatable bonds is 1. The highest BCUT2D eigenvalue weighted by Crippen LogP contribution is 2.51. The molecule has 1 heterocycles. The lowest BCUT2D eigenvalue weighted by atomic mass is 9.81. The number of benzene rings is 2. The normalized spacial score (nSPS) is 23.9. The molecule has 0 fully saturated rings. The van der Waals surface area contributed by atoms with Crippen molar-refractivity contribution in [2.45, 2.75) is 75.7 Å². The van der Waals surface area contributed by atoms with Gasteiger partial charge in [-0.1, -0.05) is 30.4 Å². The number of Topliss-reactive ketones (excluding diaryl/α,β-unsaturated/α-hetero) is 1. The van der Waals surface area contributed by atoms with Gasteiger partial charge in [0.1, 0.15) is 5.78 Å². The monoisotopic (exact) mass is 476 g/mol. The number of phenols is 2. The molecule has 0 amide bonds. The van der Waals surface area contributed by atoms with Crippen LogP contribution in [0, 0.1) is 11.8 Å². The number of hydrogen-bond acceptors (Lipinski definition) is 6. The van der Waals surface area contributed by atoms with Crippen molar-refractivity contribution in [1.82, 2.24) is 0 Å². The maximum Gasteiger partial charge on any atom is 0.176 e. The number of carbonyl (C=O) groups is 1. The van der Waals surface area contributed by atoms with Crippen LogP contribution < -0.4 is 9.47 Å². The first-order chi connectivity index (χ1) is 17.0. The standard InChI is InChI=1S/C29H32O6/c1-34-28-23-7-3-6-20-15-24-19(5-2-4-18-12-13-35-29(26(18)24)27(20)33)14-22(31)16-21(30)10-8-17(23)9-11-25(28)32/h9,11,15,18-19,22,31-33H,2,4-6,8,10,12-14,16H2,1H3/t18-,19+,22-/m1/s1. The topological polar surface area (TPSA) is 96.2 Å². The summed E-state index contributed by atoms with van der Waals surface area (Å²) >= 11 is 0. The van der Waals surface area contributed by atoms with Crippen molar-refractivity contribution in [3.63, 3.8) is 0 Å². The zero-order valence-corrected chi connectivity index (χ0v) is 20.1. The molecule has 0 radical (unpaired) electrons. The predicted octanol–water partition coefficient (Wildman–Crippen LogP) is 4.49. The molecule has 2 aromatic carbocycles. The molecule has 184 valence electrons. The Kier molecular flexibility index (Phi) is 6.62. The van der Waals surface area contributed by atoms with E-state index in [2.05, 4.69) is 11.8 Å². The lowest BCUT2D eigenvalue weighted by Crippen LogP contribution is -2.20. The molecule has 2 bridgehead atoms. The summed E-state index contributed by atoms with van der Waals surface area (Å²) in [5.41, 5.74) is 4.24. The van der Waals surface area contributed by atoms with E-state index in [1.807, 2.05) is 6.07 Å². The number of phenolic OH excluding ortho intramolecular Hbond substituents is 2. The molecule has 0 unspecified atom stereocenters. The molecule has 35 heavy (non-hydrogen) atoms. The summed E-state index contributed by atoms with van der Waals surface area (Å²) in [5, 5.41) is 32.3. The number of ether oxygens (including phenoxy) is 2. The molecule has 6 nitrogen and oxygen atoms in total. The van der Waals surface area contributed by atoms with Gasteiger partial charge < -0.3 is 24.8 Å². The molecule has 0 saturated carbocycles. The molecule has 0 saturated heterocycles. The van der Waals surface area contributed by atoms with E-state index in [0.29, 0.717) is 48.7 Å². The quantitative estimate of drug-likeness (QED) is 0.525. The zero-order chi connectivity index (χ0) is 24.5. The first-order valence-electron chi connectivity index (χ1n) is 12.5. The Morgan fingerprint density at radius 2 is 1.91 bits per heavy atom. The Bertz CT molecular complexity index is 1200. The van der Waals surface area contributed by atoms with Gasteiger partial charge in [0.25, 0.3) is 0 Å². The molecular weight excluding hydrogens is 444 g/mol.